The Bertz CT molecular complexity index is 612. The van der Waals surface area contributed by atoms with Crippen molar-refractivity contribution >= 4 is 0 Å². The first-order chi connectivity index (χ1) is 11.7. The van der Waals surface area contributed by atoms with E-state index in [2.05, 4.69) is 15.6 Å². The molecule has 2 aromatic rings. The number of ether oxygens (including phenoxy) is 1. The summed E-state index contributed by atoms with van der Waals surface area (Å²) >= 11 is 0. The number of rotatable bonds is 7. The highest BCUT2D eigenvalue weighted by molar-refractivity contribution is 5.21. The molecule has 4 nitrogen and oxygen atoms in total. The smallest absolute Gasteiger partial charge is 0.138 e. The van der Waals surface area contributed by atoms with E-state index in [0.717, 1.165) is 30.1 Å². The van der Waals surface area contributed by atoms with Gasteiger partial charge in [-0.2, -0.15) is 0 Å². The van der Waals surface area contributed by atoms with Crippen LogP contribution in [0.25, 0.3) is 0 Å². The number of hydrogen-bond donors (Lipinski definition) is 2. The Kier molecular flexibility index (Phi) is 5.77. The second kappa shape index (κ2) is 8.22. The summed E-state index contributed by atoms with van der Waals surface area (Å²) in [6.45, 7) is 2.98. The average molecular weight is 329 g/mol. The van der Waals surface area contributed by atoms with E-state index in [9.17, 15) is 4.39 Å². The summed E-state index contributed by atoms with van der Waals surface area (Å²) in [5.74, 6) is 0.739. The van der Waals surface area contributed by atoms with E-state index in [1.165, 1.54) is 0 Å². The van der Waals surface area contributed by atoms with E-state index < -0.39 is 5.67 Å². The van der Waals surface area contributed by atoms with Gasteiger partial charge in [0.05, 0.1) is 11.9 Å². The van der Waals surface area contributed by atoms with Crippen LogP contribution in [-0.2, 0) is 13.2 Å². The monoisotopic (exact) mass is 329 g/mol. The Balaban J connectivity index is 1.42. The summed E-state index contributed by atoms with van der Waals surface area (Å²) < 4.78 is 20.2. The summed E-state index contributed by atoms with van der Waals surface area (Å²) in [6.07, 6.45) is 2.86. The van der Waals surface area contributed by atoms with Gasteiger partial charge in [-0.1, -0.05) is 30.3 Å². The van der Waals surface area contributed by atoms with Crippen molar-refractivity contribution in [3.05, 3.63) is 59.9 Å². The van der Waals surface area contributed by atoms with Crippen molar-refractivity contribution in [3.8, 4) is 5.75 Å². The van der Waals surface area contributed by atoms with E-state index in [1.807, 2.05) is 42.5 Å². The number of hydrogen-bond acceptors (Lipinski definition) is 4. The minimum atomic E-state index is -1.09. The molecule has 0 unspecified atom stereocenters. The molecule has 0 atom stereocenters. The maximum atomic E-state index is 14.5. The van der Waals surface area contributed by atoms with Gasteiger partial charge >= 0.3 is 0 Å². The van der Waals surface area contributed by atoms with E-state index >= 15 is 0 Å². The van der Waals surface area contributed by atoms with Crippen LogP contribution < -0.4 is 15.4 Å². The van der Waals surface area contributed by atoms with Gasteiger partial charge in [0.15, 0.2) is 0 Å². The first-order valence-corrected chi connectivity index (χ1v) is 8.46. The Hall–Kier alpha value is -1.98. The van der Waals surface area contributed by atoms with Crippen molar-refractivity contribution < 1.29 is 9.13 Å². The lowest BCUT2D eigenvalue weighted by Crippen LogP contribution is -2.45. The largest absolute Gasteiger partial charge is 0.487 e. The van der Waals surface area contributed by atoms with Crippen LogP contribution in [0.2, 0.25) is 0 Å². The van der Waals surface area contributed by atoms with Gasteiger partial charge in [-0.25, -0.2) is 4.39 Å². The zero-order valence-corrected chi connectivity index (χ0v) is 13.8. The van der Waals surface area contributed by atoms with E-state index in [0.29, 0.717) is 32.5 Å². The minimum Gasteiger partial charge on any atom is -0.487 e. The number of alkyl halides is 1. The molecule has 1 saturated heterocycles. The third-order valence-corrected chi connectivity index (χ3v) is 4.29. The fraction of sp³-hybridized carbons (Fsp3) is 0.421. The normalized spacial score (nSPS) is 16.7. The molecular weight excluding hydrogens is 305 g/mol. The first kappa shape index (κ1) is 16.9. The quantitative estimate of drug-likeness (QED) is 0.820. The number of benzene rings is 1. The zero-order valence-electron chi connectivity index (χ0n) is 13.8. The van der Waals surface area contributed by atoms with Crippen molar-refractivity contribution in [2.75, 3.05) is 19.6 Å². The predicted octanol–water partition coefficient (Wildman–Crippen LogP) is 2.84. The van der Waals surface area contributed by atoms with Crippen LogP contribution in [0, 0.1) is 0 Å². The van der Waals surface area contributed by atoms with Crippen molar-refractivity contribution in [3.63, 3.8) is 0 Å². The Morgan fingerprint density at radius 2 is 1.92 bits per heavy atom. The predicted molar refractivity (Wildman–Crippen MR) is 92.7 cm³/mol. The molecule has 1 aromatic heterocycles. The topological polar surface area (TPSA) is 46.2 Å². The third kappa shape index (κ3) is 5.01. The zero-order chi connectivity index (χ0) is 16.7. The third-order valence-electron chi connectivity index (χ3n) is 4.29. The average Bonchev–Trinajstić information content (AvgIpc) is 2.62. The molecule has 128 valence electrons. The van der Waals surface area contributed by atoms with Gasteiger partial charge in [0, 0.05) is 13.1 Å². The summed E-state index contributed by atoms with van der Waals surface area (Å²) in [5.41, 5.74) is 0.919. The minimum absolute atomic E-state index is 0.378. The molecule has 0 amide bonds. The van der Waals surface area contributed by atoms with Gasteiger partial charge in [0.1, 0.15) is 18.0 Å². The highest BCUT2D eigenvalue weighted by atomic mass is 19.1. The van der Waals surface area contributed by atoms with Crippen LogP contribution in [0.4, 0.5) is 4.39 Å². The maximum Gasteiger partial charge on any atom is 0.138 e. The lowest BCUT2D eigenvalue weighted by Gasteiger charge is -2.30. The van der Waals surface area contributed by atoms with Gasteiger partial charge in [0.25, 0.3) is 0 Å². The van der Waals surface area contributed by atoms with Gasteiger partial charge in [-0.15, -0.1) is 0 Å². The van der Waals surface area contributed by atoms with Crippen LogP contribution in [0.15, 0.2) is 48.7 Å². The lowest BCUT2D eigenvalue weighted by molar-refractivity contribution is 0.113. The molecule has 24 heavy (non-hydrogen) atoms. The van der Waals surface area contributed by atoms with Gasteiger partial charge in [0.2, 0.25) is 0 Å². The first-order valence-electron chi connectivity index (χ1n) is 8.46. The highest BCUT2D eigenvalue weighted by Crippen LogP contribution is 2.22. The number of pyridine rings is 1. The van der Waals surface area contributed by atoms with Crippen molar-refractivity contribution in [2.24, 2.45) is 0 Å². The van der Waals surface area contributed by atoms with Crippen LogP contribution in [-0.4, -0.2) is 30.3 Å². The molecule has 1 aliphatic rings. The number of halogens is 1. The molecule has 1 aromatic carbocycles. The van der Waals surface area contributed by atoms with Gasteiger partial charge in [-0.05, 0) is 43.6 Å². The van der Waals surface area contributed by atoms with E-state index in [1.54, 1.807) is 6.20 Å². The molecule has 0 radical (unpaired) electrons. The van der Waals surface area contributed by atoms with Crippen molar-refractivity contribution in [1.82, 2.24) is 15.6 Å². The highest BCUT2D eigenvalue weighted by Gasteiger charge is 2.30. The molecule has 0 saturated carbocycles. The molecule has 0 bridgehead atoms. The molecule has 5 heteroatoms. The Morgan fingerprint density at radius 3 is 2.62 bits per heavy atom. The fourth-order valence-corrected chi connectivity index (χ4v) is 2.81. The molecule has 0 aliphatic carbocycles. The van der Waals surface area contributed by atoms with Crippen LogP contribution >= 0.6 is 0 Å². The van der Waals surface area contributed by atoms with Gasteiger partial charge in [-0.3, -0.25) is 4.98 Å². The van der Waals surface area contributed by atoms with Crippen LogP contribution in [0.5, 0.6) is 5.75 Å². The molecule has 3 rings (SSSR count). The van der Waals surface area contributed by atoms with Gasteiger partial charge < -0.3 is 15.4 Å². The number of nitrogens with one attached hydrogen (secondary N) is 2. The molecule has 0 spiro atoms. The number of nitrogens with zero attached hydrogens (tertiary/aromatic N) is 1. The molecule has 1 aliphatic heterocycles. The van der Waals surface area contributed by atoms with Crippen LogP contribution in [0.3, 0.4) is 0 Å². The summed E-state index contributed by atoms with van der Waals surface area (Å²) in [6, 6.07) is 13.8. The second-order valence-corrected chi connectivity index (χ2v) is 6.26. The Morgan fingerprint density at radius 1 is 1.12 bits per heavy atom. The summed E-state index contributed by atoms with van der Waals surface area (Å²) in [7, 11) is 0. The van der Waals surface area contributed by atoms with Crippen molar-refractivity contribution in [1.29, 1.82) is 0 Å². The summed E-state index contributed by atoms with van der Waals surface area (Å²) in [4.78, 5) is 4.37. The molecule has 2 N–H and O–H groups in total. The Labute approximate surface area is 142 Å². The van der Waals surface area contributed by atoms with Crippen molar-refractivity contribution in [2.45, 2.75) is 31.7 Å². The second-order valence-electron chi connectivity index (χ2n) is 6.26. The maximum absolute atomic E-state index is 14.5. The standard InChI is InChI=1S/C19H24FN3O/c20-19(8-10-21-11-9-19)15-22-12-17-6-7-18(13-23-17)24-14-16-4-2-1-3-5-16/h1-7,13,21-22H,8-12,14-15H2. The van der Waals surface area contributed by atoms with E-state index in [4.69, 9.17) is 4.74 Å². The molecular formula is C19H24FN3O. The lowest BCUT2D eigenvalue weighted by atomic mass is 9.94. The molecule has 2 heterocycles. The number of aromatic nitrogens is 1. The summed E-state index contributed by atoms with van der Waals surface area (Å²) in [5, 5.41) is 6.37. The fourth-order valence-electron chi connectivity index (χ4n) is 2.81. The molecule has 1 fully saturated rings. The van der Waals surface area contributed by atoms with E-state index in [-0.39, 0.29) is 0 Å². The van der Waals surface area contributed by atoms with Crippen LogP contribution in [0.1, 0.15) is 24.1 Å². The number of piperidine rings is 1. The SMILES string of the molecule is FC1(CNCc2ccc(OCc3ccccc3)cn2)CCNCC1.